The van der Waals surface area contributed by atoms with E-state index >= 15 is 0 Å². The Kier molecular flexibility index (Phi) is 8.85. The molecule has 2 atom stereocenters. The molecule has 0 bridgehead atoms. The van der Waals surface area contributed by atoms with Gasteiger partial charge in [-0.3, -0.25) is 9.59 Å². The van der Waals surface area contributed by atoms with E-state index in [0.717, 1.165) is 17.5 Å². The third-order valence-electron chi connectivity index (χ3n) is 5.81. The Morgan fingerprint density at radius 3 is 2.10 bits per heavy atom. The van der Waals surface area contributed by atoms with Crippen molar-refractivity contribution in [3.8, 4) is 0 Å². The normalized spacial score (nSPS) is 13.4. The lowest BCUT2D eigenvalue weighted by Crippen LogP contribution is -2.49. The average molecular weight is 423 g/mol. The SMILES string of the molecule is CC[C@H](C)NC(=O)[C@H](C)N(Cc1ccccc1)C(=O)CCc1ccc(C(C)(C)C)cc1. The minimum atomic E-state index is -0.523. The van der Waals surface area contributed by atoms with Crippen LogP contribution < -0.4 is 5.32 Å². The van der Waals surface area contributed by atoms with E-state index in [0.29, 0.717) is 19.4 Å². The van der Waals surface area contributed by atoms with E-state index in [4.69, 9.17) is 0 Å². The zero-order chi connectivity index (χ0) is 23.0. The first-order valence-electron chi connectivity index (χ1n) is 11.3. The molecule has 0 heterocycles. The van der Waals surface area contributed by atoms with Gasteiger partial charge in [0.25, 0.3) is 0 Å². The van der Waals surface area contributed by atoms with Gasteiger partial charge in [0, 0.05) is 19.0 Å². The van der Waals surface area contributed by atoms with Gasteiger partial charge in [0.15, 0.2) is 0 Å². The predicted molar refractivity (Wildman–Crippen MR) is 128 cm³/mol. The van der Waals surface area contributed by atoms with Gasteiger partial charge >= 0.3 is 0 Å². The molecule has 0 saturated carbocycles. The first-order chi connectivity index (χ1) is 14.6. The number of benzene rings is 2. The molecule has 0 spiro atoms. The van der Waals surface area contributed by atoms with Gasteiger partial charge in [-0.15, -0.1) is 0 Å². The van der Waals surface area contributed by atoms with Crippen LogP contribution in [0.5, 0.6) is 0 Å². The number of rotatable bonds is 9. The standard InChI is InChI=1S/C27H38N2O2/c1-7-20(2)28-26(31)21(3)29(19-23-11-9-8-10-12-23)25(30)18-15-22-13-16-24(17-14-22)27(4,5)6/h8-14,16-17,20-21H,7,15,18-19H2,1-6H3,(H,28,31)/t20-,21-/m0/s1. The highest BCUT2D eigenvalue weighted by atomic mass is 16.2. The van der Waals surface area contributed by atoms with Gasteiger partial charge in [-0.05, 0) is 48.8 Å². The summed E-state index contributed by atoms with van der Waals surface area (Å²) >= 11 is 0. The largest absolute Gasteiger partial charge is 0.352 e. The van der Waals surface area contributed by atoms with Gasteiger partial charge in [-0.25, -0.2) is 0 Å². The second kappa shape index (κ2) is 11.1. The van der Waals surface area contributed by atoms with E-state index in [-0.39, 0.29) is 23.3 Å². The second-order valence-electron chi connectivity index (χ2n) is 9.45. The summed E-state index contributed by atoms with van der Waals surface area (Å²) in [6.45, 7) is 12.8. The van der Waals surface area contributed by atoms with Crippen LogP contribution >= 0.6 is 0 Å². The van der Waals surface area contributed by atoms with Crippen molar-refractivity contribution in [2.75, 3.05) is 0 Å². The molecule has 0 aromatic heterocycles. The van der Waals surface area contributed by atoms with Crippen LogP contribution in [0.15, 0.2) is 54.6 Å². The summed E-state index contributed by atoms with van der Waals surface area (Å²) in [5.74, 6) is -0.108. The van der Waals surface area contributed by atoms with Crippen molar-refractivity contribution in [3.05, 3.63) is 71.3 Å². The van der Waals surface area contributed by atoms with Crippen LogP contribution in [0, 0.1) is 0 Å². The summed E-state index contributed by atoms with van der Waals surface area (Å²) in [6.07, 6.45) is 1.90. The van der Waals surface area contributed by atoms with Crippen molar-refractivity contribution in [3.63, 3.8) is 0 Å². The fourth-order valence-corrected chi connectivity index (χ4v) is 3.39. The molecule has 0 aliphatic heterocycles. The summed E-state index contributed by atoms with van der Waals surface area (Å²) in [4.78, 5) is 27.6. The van der Waals surface area contributed by atoms with Crippen LogP contribution in [0.4, 0.5) is 0 Å². The first kappa shape index (κ1) is 24.6. The zero-order valence-electron chi connectivity index (χ0n) is 19.9. The summed E-state index contributed by atoms with van der Waals surface area (Å²) in [6, 6.07) is 17.9. The summed E-state index contributed by atoms with van der Waals surface area (Å²) in [5, 5.41) is 3.01. The molecule has 31 heavy (non-hydrogen) atoms. The summed E-state index contributed by atoms with van der Waals surface area (Å²) in [5.41, 5.74) is 3.55. The number of hydrogen-bond acceptors (Lipinski definition) is 2. The van der Waals surface area contributed by atoms with Gasteiger partial charge in [0.1, 0.15) is 6.04 Å². The maximum Gasteiger partial charge on any atom is 0.242 e. The molecule has 0 fully saturated rings. The molecule has 1 N–H and O–H groups in total. The molecule has 2 rings (SSSR count). The lowest BCUT2D eigenvalue weighted by molar-refractivity contribution is -0.140. The molecule has 4 nitrogen and oxygen atoms in total. The number of amides is 2. The summed E-state index contributed by atoms with van der Waals surface area (Å²) in [7, 11) is 0. The Morgan fingerprint density at radius 2 is 1.55 bits per heavy atom. The van der Waals surface area contributed by atoms with Crippen molar-refractivity contribution in [2.24, 2.45) is 0 Å². The van der Waals surface area contributed by atoms with E-state index in [1.54, 1.807) is 4.90 Å². The van der Waals surface area contributed by atoms with Crippen molar-refractivity contribution in [2.45, 2.75) is 84.8 Å². The molecular formula is C27H38N2O2. The number of nitrogens with one attached hydrogen (secondary N) is 1. The number of carbonyl (C=O) groups excluding carboxylic acids is 2. The Morgan fingerprint density at radius 1 is 0.935 bits per heavy atom. The molecule has 0 aliphatic rings. The molecule has 0 radical (unpaired) electrons. The summed E-state index contributed by atoms with van der Waals surface area (Å²) < 4.78 is 0. The monoisotopic (exact) mass is 422 g/mol. The third kappa shape index (κ3) is 7.54. The zero-order valence-corrected chi connectivity index (χ0v) is 19.9. The minimum Gasteiger partial charge on any atom is -0.352 e. The molecule has 2 amide bonds. The van der Waals surface area contributed by atoms with Crippen molar-refractivity contribution in [1.82, 2.24) is 10.2 Å². The van der Waals surface area contributed by atoms with Crippen molar-refractivity contribution < 1.29 is 9.59 Å². The number of hydrogen-bond donors (Lipinski definition) is 1. The van der Waals surface area contributed by atoms with Gasteiger partial charge in [-0.2, -0.15) is 0 Å². The van der Waals surface area contributed by atoms with Crippen LogP contribution in [-0.4, -0.2) is 28.8 Å². The highest BCUT2D eigenvalue weighted by Crippen LogP contribution is 2.22. The number of carbonyl (C=O) groups is 2. The highest BCUT2D eigenvalue weighted by Gasteiger charge is 2.26. The third-order valence-corrected chi connectivity index (χ3v) is 5.81. The van der Waals surface area contributed by atoms with E-state index in [1.807, 2.05) is 51.1 Å². The Balaban J connectivity index is 2.10. The van der Waals surface area contributed by atoms with Crippen molar-refractivity contribution >= 4 is 11.8 Å². The maximum absolute atomic E-state index is 13.2. The quantitative estimate of drug-likeness (QED) is 0.600. The van der Waals surface area contributed by atoms with Crippen LogP contribution in [0.3, 0.4) is 0 Å². The second-order valence-corrected chi connectivity index (χ2v) is 9.45. The molecule has 0 saturated heterocycles. The molecule has 168 valence electrons. The molecular weight excluding hydrogens is 384 g/mol. The molecule has 2 aromatic carbocycles. The van der Waals surface area contributed by atoms with Gasteiger partial charge in [0.05, 0.1) is 0 Å². The van der Waals surface area contributed by atoms with E-state index in [1.165, 1.54) is 5.56 Å². The minimum absolute atomic E-state index is 0.00412. The lowest BCUT2D eigenvalue weighted by Gasteiger charge is -2.30. The predicted octanol–water partition coefficient (Wildman–Crippen LogP) is 5.25. The molecule has 2 aromatic rings. The Labute approximate surface area is 188 Å². The van der Waals surface area contributed by atoms with Crippen molar-refractivity contribution in [1.29, 1.82) is 0 Å². The maximum atomic E-state index is 13.2. The van der Waals surface area contributed by atoms with Crippen LogP contribution in [0.25, 0.3) is 0 Å². The van der Waals surface area contributed by atoms with Crippen LogP contribution in [-0.2, 0) is 28.0 Å². The Hall–Kier alpha value is -2.62. The number of nitrogens with zero attached hydrogens (tertiary/aromatic N) is 1. The lowest BCUT2D eigenvalue weighted by atomic mass is 9.86. The first-order valence-corrected chi connectivity index (χ1v) is 11.3. The van der Waals surface area contributed by atoms with Gasteiger partial charge in [0.2, 0.25) is 11.8 Å². The smallest absolute Gasteiger partial charge is 0.242 e. The topological polar surface area (TPSA) is 49.4 Å². The molecule has 4 heteroatoms. The van der Waals surface area contributed by atoms with Gasteiger partial charge in [-0.1, -0.05) is 82.3 Å². The fraction of sp³-hybridized carbons (Fsp3) is 0.481. The molecule has 0 aliphatic carbocycles. The van der Waals surface area contributed by atoms with Crippen LogP contribution in [0.2, 0.25) is 0 Å². The fourth-order valence-electron chi connectivity index (χ4n) is 3.39. The van der Waals surface area contributed by atoms with E-state index in [2.05, 4.69) is 50.4 Å². The Bertz CT molecular complexity index is 838. The van der Waals surface area contributed by atoms with E-state index < -0.39 is 6.04 Å². The van der Waals surface area contributed by atoms with Crippen LogP contribution in [0.1, 0.15) is 71.1 Å². The molecule has 0 unspecified atom stereocenters. The average Bonchev–Trinajstić information content (AvgIpc) is 2.75. The van der Waals surface area contributed by atoms with Gasteiger partial charge < -0.3 is 10.2 Å². The number of aryl methyl sites for hydroxylation is 1. The highest BCUT2D eigenvalue weighted by molar-refractivity contribution is 5.87. The van der Waals surface area contributed by atoms with E-state index in [9.17, 15) is 9.59 Å².